The number of hydrogen-bond acceptors (Lipinski definition) is 2. The molecule has 0 aliphatic heterocycles. The van der Waals surface area contributed by atoms with Crippen molar-refractivity contribution >= 4 is 0 Å². The summed E-state index contributed by atoms with van der Waals surface area (Å²) in [4.78, 5) is 0. The maximum atomic E-state index is 9.95. The summed E-state index contributed by atoms with van der Waals surface area (Å²) in [5, 5.41) is 9.95. The van der Waals surface area contributed by atoms with E-state index in [4.69, 9.17) is 4.74 Å². The van der Waals surface area contributed by atoms with Crippen LogP contribution in [0.15, 0.2) is 35.5 Å². The first-order chi connectivity index (χ1) is 10.9. The monoisotopic (exact) mass is 314 g/mol. The van der Waals surface area contributed by atoms with Gasteiger partial charge in [0.15, 0.2) is 0 Å². The lowest BCUT2D eigenvalue weighted by atomic mass is 9.68. The minimum Gasteiger partial charge on any atom is -0.392 e. The van der Waals surface area contributed by atoms with Crippen molar-refractivity contribution in [3.63, 3.8) is 0 Å². The molecule has 4 aliphatic rings. The van der Waals surface area contributed by atoms with Gasteiger partial charge in [-0.05, 0) is 65.6 Å². The summed E-state index contributed by atoms with van der Waals surface area (Å²) in [6.07, 6.45) is 8.26. The Morgan fingerprint density at radius 2 is 2.04 bits per heavy atom. The van der Waals surface area contributed by atoms with Gasteiger partial charge >= 0.3 is 0 Å². The van der Waals surface area contributed by atoms with E-state index in [9.17, 15) is 5.11 Å². The standard InChI is InChI=1S/C21H30O2/c1-12-8-18-15-6-7-17-19(20(17,3)4)16(15)9-14(11-22)10-21(18,23-5)13(12)2/h8-9,15-19,22H,2,6-7,10-11H2,1,3-5H3. The summed E-state index contributed by atoms with van der Waals surface area (Å²) >= 11 is 0. The zero-order valence-electron chi connectivity index (χ0n) is 14.9. The Balaban J connectivity index is 1.81. The van der Waals surface area contributed by atoms with Crippen LogP contribution in [0.5, 0.6) is 0 Å². The van der Waals surface area contributed by atoms with Gasteiger partial charge in [0.05, 0.1) is 6.61 Å². The predicted molar refractivity (Wildman–Crippen MR) is 92.9 cm³/mol. The van der Waals surface area contributed by atoms with Crippen LogP contribution in [0, 0.1) is 35.0 Å². The minimum atomic E-state index is -0.329. The van der Waals surface area contributed by atoms with Crippen LogP contribution >= 0.6 is 0 Å². The molecule has 6 unspecified atom stereocenters. The first kappa shape index (κ1) is 15.7. The molecule has 6 atom stereocenters. The van der Waals surface area contributed by atoms with Gasteiger partial charge in [0.2, 0.25) is 0 Å². The maximum Gasteiger partial charge on any atom is 0.103 e. The third-order valence-corrected chi connectivity index (χ3v) is 7.76. The van der Waals surface area contributed by atoms with Gasteiger partial charge in [0.1, 0.15) is 5.60 Å². The van der Waals surface area contributed by atoms with Crippen LogP contribution in [0.25, 0.3) is 0 Å². The van der Waals surface area contributed by atoms with E-state index in [1.807, 2.05) is 7.11 Å². The molecule has 23 heavy (non-hydrogen) atoms. The van der Waals surface area contributed by atoms with Crippen molar-refractivity contribution in [3.8, 4) is 0 Å². The molecule has 126 valence electrons. The van der Waals surface area contributed by atoms with E-state index in [0.29, 0.717) is 23.2 Å². The Morgan fingerprint density at radius 3 is 2.70 bits per heavy atom. The van der Waals surface area contributed by atoms with Gasteiger partial charge in [-0.2, -0.15) is 0 Å². The van der Waals surface area contributed by atoms with Gasteiger partial charge in [0, 0.05) is 19.4 Å². The van der Waals surface area contributed by atoms with Crippen molar-refractivity contribution in [1.82, 2.24) is 0 Å². The Hall–Kier alpha value is -0.860. The Morgan fingerprint density at radius 1 is 1.30 bits per heavy atom. The number of ether oxygens (including phenoxy) is 1. The lowest BCUT2D eigenvalue weighted by Crippen LogP contribution is -2.43. The van der Waals surface area contributed by atoms with E-state index in [2.05, 4.69) is 39.5 Å². The second-order valence-electron chi connectivity index (χ2n) is 8.88. The quantitative estimate of drug-likeness (QED) is 0.777. The molecular weight excluding hydrogens is 284 g/mol. The molecule has 0 heterocycles. The number of aliphatic hydroxyl groups excluding tert-OH is 1. The van der Waals surface area contributed by atoms with E-state index in [1.165, 1.54) is 18.4 Å². The van der Waals surface area contributed by atoms with E-state index >= 15 is 0 Å². The first-order valence-corrected chi connectivity index (χ1v) is 9.10. The third kappa shape index (κ3) is 1.88. The third-order valence-electron chi connectivity index (χ3n) is 7.76. The van der Waals surface area contributed by atoms with Gasteiger partial charge in [0.25, 0.3) is 0 Å². The predicted octanol–water partition coefficient (Wildman–Crippen LogP) is 4.12. The Bertz CT molecular complexity index is 611. The normalized spacial score (nSPS) is 47.0. The lowest BCUT2D eigenvalue weighted by molar-refractivity contribution is -0.0314. The highest BCUT2D eigenvalue weighted by Gasteiger charge is 2.66. The maximum absolute atomic E-state index is 9.95. The van der Waals surface area contributed by atoms with Crippen LogP contribution in [0.1, 0.15) is 40.0 Å². The first-order valence-electron chi connectivity index (χ1n) is 9.10. The minimum absolute atomic E-state index is 0.144. The number of allylic oxidation sites excluding steroid dienone is 1. The van der Waals surface area contributed by atoms with Crippen LogP contribution in [-0.4, -0.2) is 24.4 Å². The molecular formula is C21H30O2. The van der Waals surface area contributed by atoms with Crippen molar-refractivity contribution < 1.29 is 9.84 Å². The molecule has 2 nitrogen and oxygen atoms in total. The van der Waals surface area contributed by atoms with Crippen LogP contribution in [-0.2, 0) is 4.74 Å². The van der Waals surface area contributed by atoms with Gasteiger partial charge < -0.3 is 9.84 Å². The number of aliphatic hydroxyl groups is 1. The van der Waals surface area contributed by atoms with Gasteiger partial charge in [-0.1, -0.05) is 32.6 Å². The topological polar surface area (TPSA) is 29.5 Å². The van der Waals surface area contributed by atoms with E-state index in [1.54, 1.807) is 0 Å². The lowest BCUT2D eigenvalue weighted by Gasteiger charge is -2.41. The summed E-state index contributed by atoms with van der Waals surface area (Å²) in [6, 6.07) is 0. The highest BCUT2D eigenvalue weighted by atomic mass is 16.5. The molecule has 0 spiro atoms. The average molecular weight is 314 g/mol. The molecule has 1 N–H and O–H groups in total. The van der Waals surface area contributed by atoms with Crippen molar-refractivity contribution in [3.05, 3.63) is 35.5 Å². The zero-order valence-corrected chi connectivity index (χ0v) is 14.9. The molecule has 0 saturated heterocycles. The van der Waals surface area contributed by atoms with Crippen molar-refractivity contribution in [1.29, 1.82) is 0 Å². The fraction of sp³-hybridized carbons (Fsp3) is 0.714. The highest BCUT2D eigenvalue weighted by molar-refractivity contribution is 5.47. The Labute approximate surface area is 140 Å². The molecule has 0 radical (unpaired) electrons. The molecule has 0 aromatic rings. The summed E-state index contributed by atoms with van der Waals surface area (Å²) in [7, 11) is 1.83. The fourth-order valence-corrected chi connectivity index (χ4v) is 6.42. The van der Waals surface area contributed by atoms with Gasteiger partial charge in [-0.15, -0.1) is 0 Å². The molecule has 2 heteroatoms. The number of methoxy groups -OCH3 is 1. The number of rotatable bonds is 2. The second kappa shape index (κ2) is 4.83. The van der Waals surface area contributed by atoms with Crippen molar-refractivity contribution in [2.45, 2.75) is 45.6 Å². The molecule has 2 fully saturated rings. The fourth-order valence-electron chi connectivity index (χ4n) is 6.42. The van der Waals surface area contributed by atoms with E-state index in [0.717, 1.165) is 29.4 Å². The molecule has 2 saturated carbocycles. The summed E-state index contributed by atoms with van der Waals surface area (Å²) in [6.45, 7) is 11.5. The zero-order chi connectivity index (χ0) is 16.6. The molecule has 0 aromatic carbocycles. The van der Waals surface area contributed by atoms with Crippen LogP contribution in [0.4, 0.5) is 0 Å². The summed E-state index contributed by atoms with van der Waals surface area (Å²) in [5.41, 5.74) is 3.69. The second-order valence-corrected chi connectivity index (χ2v) is 8.88. The SMILES string of the molecule is C=C1C(C)=CC2C3CCC4C(C3C=C(CO)CC12OC)C4(C)C. The smallest absolute Gasteiger partial charge is 0.103 e. The molecule has 0 bridgehead atoms. The van der Waals surface area contributed by atoms with Gasteiger partial charge in [-0.25, -0.2) is 0 Å². The summed E-state index contributed by atoms with van der Waals surface area (Å²) in [5.74, 6) is 3.25. The Kier molecular flexibility index (Phi) is 3.29. The molecule has 4 rings (SSSR count). The summed E-state index contributed by atoms with van der Waals surface area (Å²) < 4.78 is 6.14. The van der Waals surface area contributed by atoms with Crippen LogP contribution in [0.3, 0.4) is 0 Å². The van der Waals surface area contributed by atoms with Crippen molar-refractivity contribution in [2.24, 2.45) is 35.0 Å². The molecule has 4 aliphatic carbocycles. The highest BCUT2D eigenvalue weighted by Crippen LogP contribution is 2.71. The van der Waals surface area contributed by atoms with Crippen LogP contribution in [0.2, 0.25) is 0 Å². The van der Waals surface area contributed by atoms with E-state index in [-0.39, 0.29) is 12.2 Å². The number of fused-ring (bicyclic) bond motifs is 5. The molecule has 0 amide bonds. The van der Waals surface area contributed by atoms with Crippen molar-refractivity contribution in [2.75, 3.05) is 13.7 Å². The number of hydrogen-bond donors (Lipinski definition) is 1. The molecule has 0 aromatic heterocycles. The van der Waals surface area contributed by atoms with E-state index < -0.39 is 0 Å². The van der Waals surface area contributed by atoms with Crippen LogP contribution < -0.4 is 0 Å². The largest absolute Gasteiger partial charge is 0.392 e. The van der Waals surface area contributed by atoms with Gasteiger partial charge in [-0.3, -0.25) is 0 Å². The average Bonchev–Trinajstić information content (AvgIpc) is 3.06.